The number of alkyl halides is 2. The predicted molar refractivity (Wildman–Crippen MR) is 71.8 cm³/mol. The van der Waals surface area contributed by atoms with Gasteiger partial charge in [0.05, 0.1) is 0 Å². The van der Waals surface area contributed by atoms with E-state index in [9.17, 15) is 13.6 Å². The summed E-state index contributed by atoms with van der Waals surface area (Å²) in [5.41, 5.74) is 0.937. The van der Waals surface area contributed by atoms with Gasteiger partial charge in [-0.2, -0.15) is 0 Å². The lowest BCUT2D eigenvalue weighted by atomic mass is 10.2. The molecular formula is C15H11F2NO3. The zero-order chi connectivity index (χ0) is 15.0. The summed E-state index contributed by atoms with van der Waals surface area (Å²) in [7, 11) is 1.56. The van der Waals surface area contributed by atoms with Gasteiger partial charge in [-0.15, -0.1) is 8.78 Å². The fourth-order valence-electron chi connectivity index (χ4n) is 2.04. The molecule has 4 nitrogen and oxygen atoms in total. The van der Waals surface area contributed by atoms with Crippen LogP contribution in [0.5, 0.6) is 11.5 Å². The Bertz CT molecular complexity index is 689. The summed E-state index contributed by atoms with van der Waals surface area (Å²) in [5.74, 6) is -0.393. The molecule has 1 aliphatic heterocycles. The largest absolute Gasteiger partial charge is 0.586 e. The van der Waals surface area contributed by atoms with Gasteiger partial charge >= 0.3 is 6.29 Å². The summed E-state index contributed by atoms with van der Waals surface area (Å²) in [4.78, 5) is 13.6. The average molecular weight is 291 g/mol. The van der Waals surface area contributed by atoms with Gasteiger partial charge in [0.2, 0.25) is 0 Å². The summed E-state index contributed by atoms with van der Waals surface area (Å²) in [6, 6.07) is 12.9. The van der Waals surface area contributed by atoms with Crippen molar-refractivity contribution in [1.29, 1.82) is 0 Å². The van der Waals surface area contributed by atoms with Crippen LogP contribution in [0.2, 0.25) is 0 Å². The van der Waals surface area contributed by atoms with Crippen molar-refractivity contribution in [3.05, 3.63) is 54.1 Å². The van der Waals surface area contributed by atoms with Crippen LogP contribution >= 0.6 is 0 Å². The van der Waals surface area contributed by atoms with Gasteiger partial charge in [-0.3, -0.25) is 4.79 Å². The van der Waals surface area contributed by atoms with E-state index in [1.165, 1.54) is 23.1 Å². The number of hydrogen-bond donors (Lipinski definition) is 0. The SMILES string of the molecule is CN(C(=O)c1ccccc1)c1ccc2c(c1)OC(F)(F)O2. The van der Waals surface area contributed by atoms with E-state index in [-0.39, 0.29) is 17.4 Å². The average Bonchev–Trinajstić information content (AvgIpc) is 2.79. The van der Waals surface area contributed by atoms with Gasteiger partial charge in [0.25, 0.3) is 5.91 Å². The number of benzene rings is 2. The Labute approximate surface area is 119 Å². The molecule has 0 radical (unpaired) electrons. The first kappa shape index (κ1) is 13.4. The first-order valence-corrected chi connectivity index (χ1v) is 6.19. The van der Waals surface area contributed by atoms with Gasteiger partial charge in [-0.05, 0) is 24.3 Å². The third-order valence-corrected chi connectivity index (χ3v) is 3.10. The highest BCUT2D eigenvalue weighted by Crippen LogP contribution is 2.42. The number of carbonyl (C=O) groups is 1. The van der Waals surface area contributed by atoms with Crippen molar-refractivity contribution in [2.75, 3.05) is 11.9 Å². The van der Waals surface area contributed by atoms with Crippen LogP contribution in [0, 0.1) is 0 Å². The highest BCUT2D eigenvalue weighted by molar-refractivity contribution is 6.05. The van der Waals surface area contributed by atoms with Crippen LogP contribution in [0.1, 0.15) is 10.4 Å². The van der Waals surface area contributed by atoms with E-state index in [1.54, 1.807) is 37.4 Å². The third kappa shape index (κ3) is 2.52. The third-order valence-electron chi connectivity index (χ3n) is 3.10. The molecule has 0 saturated heterocycles. The van der Waals surface area contributed by atoms with E-state index in [2.05, 4.69) is 9.47 Å². The number of rotatable bonds is 2. The van der Waals surface area contributed by atoms with Crippen LogP contribution in [0.25, 0.3) is 0 Å². The van der Waals surface area contributed by atoms with Crippen LogP contribution in [-0.4, -0.2) is 19.2 Å². The fraction of sp³-hybridized carbons (Fsp3) is 0.133. The molecule has 2 aromatic carbocycles. The number of fused-ring (bicyclic) bond motifs is 1. The van der Waals surface area contributed by atoms with E-state index in [0.29, 0.717) is 11.3 Å². The lowest BCUT2D eigenvalue weighted by Gasteiger charge is -2.17. The molecule has 21 heavy (non-hydrogen) atoms. The number of carbonyl (C=O) groups excluding carboxylic acids is 1. The summed E-state index contributed by atoms with van der Waals surface area (Å²) in [6.07, 6.45) is -3.66. The Morgan fingerprint density at radius 3 is 2.43 bits per heavy atom. The maximum Gasteiger partial charge on any atom is 0.586 e. The number of hydrogen-bond acceptors (Lipinski definition) is 3. The molecule has 3 rings (SSSR count). The van der Waals surface area contributed by atoms with Crippen LogP contribution in [0.3, 0.4) is 0 Å². The molecule has 0 bridgehead atoms. The van der Waals surface area contributed by atoms with Crippen LogP contribution < -0.4 is 14.4 Å². The smallest absolute Gasteiger partial charge is 0.395 e. The van der Waals surface area contributed by atoms with Crippen LogP contribution in [0.15, 0.2) is 48.5 Å². The van der Waals surface area contributed by atoms with Crippen LogP contribution in [-0.2, 0) is 0 Å². The molecule has 0 fully saturated rings. The predicted octanol–water partition coefficient (Wildman–Crippen LogP) is 3.28. The number of halogens is 2. The van der Waals surface area contributed by atoms with Gasteiger partial charge < -0.3 is 14.4 Å². The molecule has 6 heteroatoms. The monoisotopic (exact) mass is 291 g/mol. The number of ether oxygens (including phenoxy) is 2. The zero-order valence-corrected chi connectivity index (χ0v) is 11.0. The Morgan fingerprint density at radius 1 is 1.05 bits per heavy atom. The van der Waals surface area contributed by atoms with Crippen molar-refractivity contribution in [3.63, 3.8) is 0 Å². The van der Waals surface area contributed by atoms with E-state index < -0.39 is 6.29 Å². The number of anilines is 1. The van der Waals surface area contributed by atoms with Crippen molar-refractivity contribution in [2.24, 2.45) is 0 Å². The van der Waals surface area contributed by atoms with E-state index in [0.717, 1.165) is 0 Å². The Morgan fingerprint density at radius 2 is 1.71 bits per heavy atom. The highest BCUT2D eigenvalue weighted by Gasteiger charge is 2.43. The first-order valence-electron chi connectivity index (χ1n) is 6.19. The molecular weight excluding hydrogens is 280 g/mol. The molecule has 0 saturated carbocycles. The van der Waals surface area contributed by atoms with Crippen LogP contribution in [0.4, 0.5) is 14.5 Å². The minimum Gasteiger partial charge on any atom is -0.395 e. The zero-order valence-electron chi connectivity index (χ0n) is 11.0. The molecule has 0 aromatic heterocycles. The topological polar surface area (TPSA) is 38.8 Å². The molecule has 1 aliphatic rings. The maximum absolute atomic E-state index is 13.0. The Kier molecular flexibility index (Phi) is 3.01. The molecule has 0 N–H and O–H groups in total. The molecule has 108 valence electrons. The second-order valence-electron chi connectivity index (χ2n) is 4.53. The van der Waals surface area contributed by atoms with Crippen molar-refractivity contribution in [2.45, 2.75) is 6.29 Å². The standard InChI is InChI=1S/C15H11F2NO3/c1-18(14(19)10-5-3-2-4-6-10)11-7-8-12-13(9-11)21-15(16,17)20-12/h2-9H,1H3. The van der Waals surface area contributed by atoms with Gasteiger partial charge in [-0.25, -0.2) is 0 Å². The second-order valence-corrected chi connectivity index (χ2v) is 4.53. The molecule has 0 unspecified atom stereocenters. The van der Waals surface area contributed by atoms with Crippen molar-refractivity contribution < 1.29 is 23.0 Å². The minimum atomic E-state index is -3.66. The summed E-state index contributed by atoms with van der Waals surface area (Å²) >= 11 is 0. The first-order chi connectivity index (χ1) is 9.96. The molecule has 2 aromatic rings. The van der Waals surface area contributed by atoms with E-state index >= 15 is 0 Å². The molecule has 0 atom stereocenters. The number of amides is 1. The quantitative estimate of drug-likeness (QED) is 0.852. The highest BCUT2D eigenvalue weighted by atomic mass is 19.3. The normalized spacial score (nSPS) is 14.8. The van der Waals surface area contributed by atoms with Gasteiger partial charge in [0, 0.05) is 24.4 Å². The Balaban J connectivity index is 1.87. The summed E-state index contributed by atoms with van der Waals surface area (Å²) in [5, 5.41) is 0. The maximum atomic E-state index is 13.0. The van der Waals surface area contributed by atoms with Gasteiger partial charge in [-0.1, -0.05) is 18.2 Å². The molecule has 0 spiro atoms. The second kappa shape index (κ2) is 4.73. The van der Waals surface area contributed by atoms with Gasteiger partial charge in [0.1, 0.15) is 0 Å². The minimum absolute atomic E-state index is 0.0516. The summed E-state index contributed by atoms with van der Waals surface area (Å²) in [6.45, 7) is 0. The van der Waals surface area contributed by atoms with Crippen molar-refractivity contribution in [3.8, 4) is 11.5 Å². The molecule has 1 amide bonds. The van der Waals surface area contributed by atoms with E-state index in [1.807, 2.05) is 0 Å². The van der Waals surface area contributed by atoms with Crippen molar-refractivity contribution >= 4 is 11.6 Å². The lowest BCUT2D eigenvalue weighted by Crippen LogP contribution is -2.26. The fourth-order valence-corrected chi connectivity index (χ4v) is 2.04. The molecule has 1 heterocycles. The van der Waals surface area contributed by atoms with Gasteiger partial charge in [0.15, 0.2) is 11.5 Å². The molecule has 0 aliphatic carbocycles. The van der Waals surface area contributed by atoms with E-state index in [4.69, 9.17) is 0 Å². The number of nitrogens with zero attached hydrogens (tertiary/aromatic N) is 1. The lowest BCUT2D eigenvalue weighted by molar-refractivity contribution is -0.286. The van der Waals surface area contributed by atoms with Crippen molar-refractivity contribution in [1.82, 2.24) is 0 Å². The summed E-state index contributed by atoms with van der Waals surface area (Å²) < 4.78 is 34.6. The Hall–Kier alpha value is -2.63.